The molecule has 1 aromatic heterocycles. The fourth-order valence-electron chi connectivity index (χ4n) is 4.46. The standard InChI is InChI=1S/C27H26F3N5O4/c1-27(29,30)26(38)33-21-12-24(37)35(25(21)15-4-7-19(28)22(11-15)39-3)18-6-8-20(16(10-18)13-31)32-17-5-9-23(36)34(2)14-17/h4-11,13-14,21,25,31-32H,12H2,1-3H3,(H,33,38)/t21-,25+/m1/s1. The Morgan fingerprint density at radius 3 is 2.54 bits per heavy atom. The maximum Gasteiger partial charge on any atom is 0.321 e. The average molecular weight is 542 g/mol. The number of halogens is 3. The first-order chi connectivity index (χ1) is 18.4. The smallest absolute Gasteiger partial charge is 0.321 e. The number of anilines is 3. The molecule has 1 saturated heterocycles. The molecule has 0 saturated carbocycles. The first kappa shape index (κ1) is 27.4. The number of benzene rings is 2. The molecule has 0 radical (unpaired) electrons. The molecule has 2 atom stereocenters. The zero-order valence-electron chi connectivity index (χ0n) is 21.3. The number of hydrogen-bond acceptors (Lipinski definition) is 6. The van der Waals surface area contributed by atoms with Crippen LogP contribution in [0.25, 0.3) is 0 Å². The Balaban J connectivity index is 1.75. The van der Waals surface area contributed by atoms with Crippen molar-refractivity contribution in [3.8, 4) is 5.75 Å². The number of nitrogens with zero attached hydrogens (tertiary/aromatic N) is 2. The fourth-order valence-corrected chi connectivity index (χ4v) is 4.46. The molecule has 1 aliphatic heterocycles. The zero-order valence-corrected chi connectivity index (χ0v) is 21.3. The van der Waals surface area contributed by atoms with Gasteiger partial charge in [0.25, 0.3) is 5.91 Å². The fraction of sp³-hybridized carbons (Fsp3) is 0.259. The van der Waals surface area contributed by atoms with Crippen LogP contribution in [-0.4, -0.2) is 41.7 Å². The van der Waals surface area contributed by atoms with Crippen LogP contribution in [0.1, 0.15) is 30.5 Å². The van der Waals surface area contributed by atoms with E-state index in [1.807, 2.05) is 0 Å². The van der Waals surface area contributed by atoms with Crippen molar-refractivity contribution in [2.24, 2.45) is 7.05 Å². The van der Waals surface area contributed by atoms with E-state index in [-0.39, 0.29) is 17.7 Å². The highest BCUT2D eigenvalue weighted by atomic mass is 19.3. The highest BCUT2D eigenvalue weighted by Crippen LogP contribution is 2.40. The normalized spacial score (nSPS) is 17.2. The van der Waals surface area contributed by atoms with E-state index in [1.165, 1.54) is 34.8 Å². The molecule has 4 rings (SSSR count). The van der Waals surface area contributed by atoms with Crippen LogP contribution in [-0.2, 0) is 16.6 Å². The number of rotatable bonds is 8. The van der Waals surface area contributed by atoms with E-state index >= 15 is 0 Å². The number of carbonyl (C=O) groups is 2. The Morgan fingerprint density at radius 2 is 1.90 bits per heavy atom. The van der Waals surface area contributed by atoms with Crippen LogP contribution >= 0.6 is 0 Å². The maximum absolute atomic E-state index is 14.2. The van der Waals surface area contributed by atoms with Crippen molar-refractivity contribution in [1.82, 2.24) is 9.88 Å². The maximum atomic E-state index is 14.2. The number of aryl methyl sites for hydroxylation is 1. The van der Waals surface area contributed by atoms with Crippen LogP contribution in [0.4, 0.5) is 30.2 Å². The van der Waals surface area contributed by atoms with Gasteiger partial charge in [0.2, 0.25) is 11.5 Å². The highest BCUT2D eigenvalue weighted by molar-refractivity contribution is 6.00. The quantitative estimate of drug-likeness (QED) is 0.374. The Morgan fingerprint density at radius 1 is 1.15 bits per heavy atom. The molecule has 0 unspecified atom stereocenters. The summed E-state index contributed by atoms with van der Waals surface area (Å²) in [5, 5.41) is 13.3. The predicted octanol–water partition coefficient (Wildman–Crippen LogP) is 3.89. The van der Waals surface area contributed by atoms with E-state index in [9.17, 15) is 27.6 Å². The topological polar surface area (TPSA) is 117 Å². The van der Waals surface area contributed by atoms with E-state index in [1.54, 1.807) is 37.5 Å². The summed E-state index contributed by atoms with van der Waals surface area (Å²) in [5.41, 5.74) is 1.98. The summed E-state index contributed by atoms with van der Waals surface area (Å²) in [6.45, 7) is 0.458. The molecule has 1 aliphatic rings. The number of aromatic nitrogens is 1. The molecule has 3 N–H and O–H groups in total. The second-order valence-electron chi connectivity index (χ2n) is 9.18. The van der Waals surface area contributed by atoms with E-state index in [2.05, 4.69) is 10.6 Å². The number of methoxy groups -OCH3 is 1. The lowest BCUT2D eigenvalue weighted by Gasteiger charge is -2.30. The minimum absolute atomic E-state index is 0.116. The van der Waals surface area contributed by atoms with Crippen LogP contribution in [0.3, 0.4) is 0 Å². The molecule has 0 bridgehead atoms. The summed E-state index contributed by atoms with van der Waals surface area (Å²) < 4.78 is 48.1. The molecular weight excluding hydrogens is 515 g/mol. The van der Waals surface area contributed by atoms with Gasteiger partial charge in [0.15, 0.2) is 11.6 Å². The molecule has 2 heterocycles. The van der Waals surface area contributed by atoms with Gasteiger partial charge in [-0.05, 0) is 42.0 Å². The monoisotopic (exact) mass is 541 g/mol. The number of alkyl halides is 2. The first-order valence-electron chi connectivity index (χ1n) is 11.9. The van der Waals surface area contributed by atoms with Crippen molar-refractivity contribution in [2.45, 2.75) is 31.4 Å². The van der Waals surface area contributed by atoms with E-state index in [4.69, 9.17) is 10.1 Å². The van der Waals surface area contributed by atoms with Crippen molar-refractivity contribution in [2.75, 3.05) is 17.3 Å². The summed E-state index contributed by atoms with van der Waals surface area (Å²) in [6, 6.07) is 9.60. The van der Waals surface area contributed by atoms with Crippen molar-refractivity contribution in [1.29, 1.82) is 5.41 Å². The summed E-state index contributed by atoms with van der Waals surface area (Å²) in [7, 11) is 2.87. The van der Waals surface area contributed by atoms with E-state index in [0.717, 1.165) is 12.3 Å². The molecule has 3 aromatic rings. The number of nitrogens with one attached hydrogen (secondary N) is 3. The van der Waals surface area contributed by atoms with Crippen LogP contribution in [0, 0.1) is 11.2 Å². The lowest BCUT2D eigenvalue weighted by Crippen LogP contribution is -2.46. The van der Waals surface area contributed by atoms with Crippen LogP contribution < -0.4 is 25.8 Å². The van der Waals surface area contributed by atoms with Crippen molar-refractivity contribution in [3.05, 3.63) is 82.0 Å². The van der Waals surface area contributed by atoms with Crippen LogP contribution in [0.5, 0.6) is 5.75 Å². The van der Waals surface area contributed by atoms with Gasteiger partial charge in [-0.25, -0.2) is 4.39 Å². The van der Waals surface area contributed by atoms with Gasteiger partial charge in [-0.1, -0.05) is 6.07 Å². The second-order valence-corrected chi connectivity index (χ2v) is 9.18. The lowest BCUT2D eigenvalue weighted by molar-refractivity contribution is -0.143. The molecular formula is C27H26F3N5O4. The summed E-state index contributed by atoms with van der Waals surface area (Å²) in [6.07, 6.45) is 2.37. The third kappa shape index (κ3) is 5.64. The second kappa shape index (κ2) is 10.6. The molecule has 0 spiro atoms. The van der Waals surface area contributed by atoms with E-state index in [0.29, 0.717) is 35.1 Å². The predicted molar refractivity (Wildman–Crippen MR) is 140 cm³/mol. The van der Waals surface area contributed by atoms with Crippen molar-refractivity contribution < 1.29 is 27.5 Å². The third-order valence-electron chi connectivity index (χ3n) is 6.39. The Bertz CT molecular complexity index is 1500. The van der Waals surface area contributed by atoms with Gasteiger partial charge in [-0.15, -0.1) is 0 Å². The first-order valence-corrected chi connectivity index (χ1v) is 11.9. The molecule has 1 fully saturated rings. The number of amides is 2. The number of ether oxygens (including phenoxy) is 1. The lowest BCUT2D eigenvalue weighted by atomic mass is 9.98. The van der Waals surface area contributed by atoms with E-state index < -0.39 is 35.6 Å². The van der Waals surface area contributed by atoms with Gasteiger partial charge in [0.05, 0.1) is 24.9 Å². The Labute approximate surface area is 221 Å². The molecule has 9 nitrogen and oxygen atoms in total. The Kier molecular flexibility index (Phi) is 7.48. The third-order valence-corrected chi connectivity index (χ3v) is 6.39. The molecule has 39 heavy (non-hydrogen) atoms. The van der Waals surface area contributed by atoms with Crippen LogP contribution in [0.2, 0.25) is 0 Å². The number of hydrogen-bond donors (Lipinski definition) is 3. The van der Waals surface area contributed by atoms with Crippen molar-refractivity contribution >= 4 is 35.1 Å². The molecule has 12 heteroatoms. The van der Waals surface area contributed by atoms with Gasteiger partial charge in [0, 0.05) is 55.8 Å². The van der Waals surface area contributed by atoms with Gasteiger partial charge in [-0.2, -0.15) is 8.78 Å². The van der Waals surface area contributed by atoms with Crippen LogP contribution in [0.15, 0.2) is 59.5 Å². The summed E-state index contributed by atoms with van der Waals surface area (Å²) >= 11 is 0. The molecule has 2 amide bonds. The highest BCUT2D eigenvalue weighted by Gasteiger charge is 2.45. The Hall–Kier alpha value is -4.61. The minimum atomic E-state index is -3.68. The number of carbonyl (C=O) groups excluding carboxylic acids is 2. The minimum Gasteiger partial charge on any atom is -0.494 e. The molecule has 0 aliphatic carbocycles. The summed E-state index contributed by atoms with van der Waals surface area (Å²) in [4.78, 5) is 38.4. The zero-order chi connectivity index (χ0) is 28.5. The van der Waals surface area contributed by atoms with Crippen molar-refractivity contribution in [3.63, 3.8) is 0 Å². The van der Waals surface area contributed by atoms with Gasteiger partial charge >= 0.3 is 5.92 Å². The SMILES string of the molecule is COc1cc([C@H]2[C@H](NC(=O)C(C)(F)F)CC(=O)N2c2ccc(Nc3ccc(=O)n(C)c3)c(C=N)c2)ccc1F. The van der Waals surface area contributed by atoms with Gasteiger partial charge < -0.3 is 30.2 Å². The van der Waals surface area contributed by atoms with Gasteiger partial charge in [0.1, 0.15) is 0 Å². The molecule has 2 aromatic carbocycles. The summed E-state index contributed by atoms with van der Waals surface area (Å²) in [5.74, 6) is -6.46. The average Bonchev–Trinajstić information content (AvgIpc) is 3.21. The van der Waals surface area contributed by atoms with Gasteiger partial charge in [-0.3, -0.25) is 14.4 Å². The number of pyridine rings is 1. The molecule has 204 valence electrons. The largest absolute Gasteiger partial charge is 0.494 e.